The van der Waals surface area contributed by atoms with Gasteiger partial charge in [0.15, 0.2) is 0 Å². The van der Waals surface area contributed by atoms with Crippen molar-refractivity contribution < 1.29 is 19.1 Å². The normalized spacial score (nSPS) is 18.2. The predicted octanol–water partition coefficient (Wildman–Crippen LogP) is 1.47. The van der Waals surface area contributed by atoms with Crippen LogP contribution in [0.2, 0.25) is 0 Å². The minimum absolute atomic E-state index is 0.0169. The molecule has 5 nitrogen and oxygen atoms in total. The molecule has 0 bridgehead atoms. The molecule has 0 saturated carbocycles. The van der Waals surface area contributed by atoms with E-state index in [9.17, 15) is 9.59 Å². The largest absolute Gasteiger partial charge is 0.497 e. The fraction of sp³-hybridized carbons (Fsp3) is 0.385. The van der Waals surface area contributed by atoms with Crippen LogP contribution < -0.4 is 14.8 Å². The van der Waals surface area contributed by atoms with E-state index in [4.69, 9.17) is 9.47 Å². The van der Waals surface area contributed by atoms with E-state index in [1.165, 1.54) is 26.0 Å². The van der Waals surface area contributed by atoms with E-state index in [1.54, 1.807) is 18.2 Å². The first-order chi connectivity index (χ1) is 9.13. The van der Waals surface area contributed by atoms with Crippen molar-refractivity contribution in [1.82, 2.24) is 5.32 Å². The van der Waals surface area contributed by atoms with Gasteiger partial charge in [-0.25, -0.2) is 0 Å². The highest BCUT2D eigenvalue weighted by molar-refractivity contribution is 8.14. The number of hydrogen-bond acceptors (Lipinski definition) is 5. The van der Waals surface area contributed by atoms with Gasteiger partial charge in [0.2, 0.25) is 5.12 Å². The third-order valence-corrected chi connectivity index (χ3v) is 3.86. The Morgan fingerprint density at radius 2 is 1.89 bits per heavy atom. The van der Waals surface area contributed by atoms with Crippen LogP contribution in [0.3, 0.4) is 0 Å². The van der Waals surface area contributed by atoms with Gasteiger partial charge in [0.25, 0.3) is 5.91 Å². The van der Waals surface area contributed by atoms with E-state index in [2.05, 4.69) is 5.32 Å². The molecule has 0 unspecified atom stereocenters. The van der Waals surface area contributed by atoms with Crippen LogP contribution in [0.25, 0.3) is 0 Å². The number of carbonyl (C=O) groups excluding carboxylic acids is 2. The van der Waals surface area contributed by atoms with Crippen LogP contribution in [0.4, 0.5) is 0 Å². The summed E-state index contributed by atoms with van der Waals surface area (Å²) in [6.45, 7) is 0. The Balaban J connectivity index is 2.16. The number of benzene rings is 1. The molecule has 1 fully saturated rings. The van der Waals surface area contributed by atoms with Crippen molar-refractivity contribution in [3.63, 3.8) is 0 Å². The van der Waals surface area contributed by atoms with Gasteiger partial charge in [-0.05, 0) is 18.6 Å². The Labute approximate surface area is 115 Å². The molecule has 1 aliphatic heterocycles. The van der Waals surface area contributed by atoms with Gasteiger partial charge >= 0.3 is 0 Å². The van der Waals surface area contributed by atoms with Crippen molar-refractivity contribution >= 4 is 22.8 Å². The van der Waals surface area contributed by atoms with E-state index in [0.29, 0.717) is 23.5 Å². The summed E-state index contributed by atoms with van der Waals surface area (Å²) < 4.78 is 10.2. The van der Waals surface area contributed by atoms with E-state index >= 15 is 0 Å². The lowest BCUT2D eigenvalue weighted by atomic mass is 10.1. The molecule has 19 heavy (non-hydrogen) atoms. The molecule has 0 spiro atoms. The summed E-state index contributed by atoms with van der Waals surface area (Å²) in [5, 5.41) is 2.74. The van der Waals surface area contributed by atoms with Gasteiger partial charge in [-0.1, -0.05) is 11.8 Å². The smallest absolute Gasteiger partial charge is 0.252 e. The lowest BCUT2D eigenvalue weighted by Crippen LogP contribution is -2.37. The first-order valence-electron chi connectivity index (χ1n) is 5.84. The topological polar surface area (TPSA) is 64.6 Å². The molecule has 1 atom stereocenters. The van der Waals surface area contributed by atoms with Crippen LogP contribution in [0.15, 0.2) is 18.2 Å². The average molecular weight is 281 g/mol. The lowest BCUT2D eigenvalue weighted by Gasteiger charge is -2.12. The number of nitrogens with one attached hydrogen (secondary N) is 1. The molecule has 1 heterocycles. The zero-order valence-electron chi connectivity index (χ0n) is 10.8. The highest BCUT2D eigenvalue weighted by Crippen LogP contribution is 2.24. The lowest BCUT2D eigenvalue weighted by molar-refractivity contribution is -0.112. The molecular weight excluding hydrogens is 266 g/mol. The minimum atomic E-state index is -0.394. The van der Waals surface area contributed by atoms with Crippen molar-refractivity contribution in [3.8, 4) is 11.5 Å². The number of amides is 1. The summed E-state index contributed by atoms with van der Waals surface area (Å²) in [5.41, 5.74) is 0.418. The van der Waals surface area contributed by atoms with Crippen LogP contribution in [0.1, 0.15) is 16.8 Å². The van der Waals surface area contributed by atoms with Gasteiger partial charge in [-0.15, -0.1) is 0 Å². The van der Waals surface area contributed by atoms with E-state index in [-0.39, 0.29) is 11.0 Å². The molecule has 0 aliphatic carbocycles. The standard InChI is InChI=1S/C13H15NO4S/c1-17-9-5-8(6-10(7-9)18-2)12(15)14-11-3-4-19-13(11)16/h5-7,11H,3-4H2,1-2H3,(H,14,15)/t11-/m1/s1. The fourth-order valence-electron chi connectivity index (χ4n) is 1.81. The number of ether oxygens (including phenoxy) is 2. The van der Waals surface area contributed by atoms with Crippen LogP contribution >= 0.6 is 11.8 Å². The van der Waals surface area contributed by atoms with Crippen molar-refractivity contribution in [2.24, 2.45) is 0 Å². The molecule has 6 heteroatoms. The Morgan fingerprint density at radius 1 is 1.26 bits per heavy atom. The molecule has 1 amide bonds. The number of rotatable bonds is 4. The summed E-state index contributed by atoms with van der Waals surface area (Å²) >= 11 is 1.25. The Hall–Kier alpha value is -1.69. The monoisotopic (exact) mass is 281 g/mol. The van der Waals surface area contributed by atoms with E-state index in [0.717, 1.165) is 5.75 Å². The van der Waals surface area contributed by atoms with Crippen molar-refractivity contribution in [3.05, 3.63) is 23.8 Å². The Kier molecular flexibility index (Phi) is 4.31. The van der Waals surface area contributed by atoms with Crippen molar-refractivity contribution in [2.75, 3.05) is 20.0 Å². The molecule has 1 N–H and O–H groups in total. The SMILES string of the molecule is COc1cc(OC)cc(C(=O)N[C@@H]2CCSC2=O)c1. The maximum atomic E-state index is 12.1. The second kappa shape index (κ2) is 5.97. The molecule has 0 radical (unpaired) electrons. The minimum Gasteiger partial charge on any atom is -0.497 e. The van der Waals surface area contributed by atoms with Gasteiger partial charge in [0.05, 0.1) is 20.3 Å². The molecule has 2 rings (SSSR count). The average Bonchev–Trinajstić information content (AvgIpc) is 2.83. The van der Waals surface area contributed by atoms with Crippen LogP contribution in [0, 0.1) is 0 Å². The van der Waals surface area contributed by atoms with E-state index < -0.39 is 6.04 Å². The number of carbonyl (C=O) groups is 2. The molecule has 1 saturated heterocycles. The Morgan fingerprint density at radius 3 is 2.37 bits per heavy atom. The summed E-state index contributed by atoms with van der Waals surface area (Å²) in [5.74, 6) is 1.54. The third kappa shape index (κ3) is 3.20. The van der Waals surface area contributed by atoms with Crippen molar-refractivity contribution in [1.29, 1.82) is 0 Å². The molecule has 1 aliphatic rings. The van der Waals surface area contributed by atoms with Gasteiger partial charge in [0.1, 0.15) is 11.5 Å². The maximum Gasteiger partial charge on any atom is 0.252 e. The molecule has 1 aromatic carbocycles. The van der Waals surface area contributed by atoms with Gasteiger partial charge in [-0.2, -0.15) is 0 Å². The third-order valence-electron chi connectivity index (χ3n) is 2.85. The highest BCUT2D eigenvalue weighted by atomic mass is 32.2. The molecular formula is C13H15NO4S. The highest BCUT2D eigenvalue weighted by Gasteiger charge is 2.27. The van der Waals surface area contributed by atoms with Gasteiger partial charge < -0.3 is 14.8 Å². The zero-order valence-corrected chi connectivity index (χ0v) is 11.6. The molecule has 0 aromatic heterocycles. The second-order valence-electron chi connectivity index (χ2n) is 4.08. The number of thioether (sulfide) groups is 1. The first kappa shape index (κ1) is 13.7. The Bertz CT molecular complexity index is 481. The van der Waals surface area contributed by atoms with Crippen LogP contribution in [0.5, 0.6) is 11.5 Å². The van der Waals surface area contributed by atoms with Crippen LogP contribution in [-0.2, 0) is 4.79 Å². The molecule has 1 aromatic rings. The fourth-order valence-corrected chi connectivity index (χ4v) is 2.74. The first-order valence-corrected chi connectivity index (χ1v) is 6.83. The number of methoxy groups -OCH3 is 2. The van der Waals surface area contributed by atoms with Gasteiger partial charge in [-0.3, -0.25) is 9.59 Å². The molecule has 102 valence electrons. The summed E-state index contributed by atoms with van der Waals surface area (Å²) in [6.07, 6.45) is 0.677. The quantitative estimate of drug-likeness (QED) is 0.905. The summed E-state index contributed by atoms with van der Waals surface area (Å²) in [7, 11) is 3.04. The van der Waals surface area contributed by atoms with E-state index in [1.807, 2.05) is 0 Å². The van der Waals surface area contributed by atoms with Gasteiger partial charge in [0, 0.05) is 17.4 Å². The second-order valence-corrected chi connectivity index (χ2v) is 5.18. The summed E-state index contributed by atoms with van der Waals surface area (Å²) in [4.78, 5) is 23.6. The summed E-state index contributed by atoms with van der Waals surface area (Å²) in [6, 6.07) is 4.53. The predicted molar refractivity (Wildman–Crippen MR) is 72.9 cm³/mol. The van der Waals surface area contributed by atoms with Crippen LogP contribution in [-0.4, -0.2) is 37.0 Å². The zero-order chi connectivity index (χ0) is 13.8. The van der Waals surface area contributed by atoms with Crippen molar-refractivity contribution in [2.45, 2.75) is 12.5 Å². The number of hydrogen-bond donors (Lipinski definition) is 1. The maximum absolute atomic E-state index is 12.1.